The van der Waals surface area contributed by atoms with E-state index >= 15 is 0 Å². The molecule has 2 amide bonds. The van der Waals surface area contributed by atoms with Crippen molar-refractivity contribution in [2.45, 2.75) is 0 Å². The number of fused-ring (bicyclic) bond motifs is 1. The molecule has 6 nitrogen and oxygen atoms in total. The Morgan fingerprint density at radius 3 is 2.50 bits per heavy atom. The number of hydrazone groups is 1. The number of phenolic OH excluding ortho intramolecular Hbond substituents is 1. The Bertz CT molecular complexity index is 960. The fourth-order valence-corrected chi connectivity index (χ4v) is 2.46. The molecule has 0 aromatic heterocycles. The molecule has 130 valence electrons. The molecule has 6 heteroatoms. The van der Waals surface area contributed by atoms with Crippen LogP contribution in [-0.4, -0.2) is 29.7 Å². The lowest BCUT2D eigenvalue weighted by molar-refractivity contribution is -0.120. The molecule has 26 heavy (non-hydrogen) atoms. The van der Waals surface area contributed by atoms with E-state index in [0.717, 1.165) is 16.3 Å². The molecule has 0 radical (unpaired) electrons. The molecule has 0 aliphatic rings. The van der Waals surface area contributed by atoms with Gasteiger partial charge in [-0.25, -0.2) is 5.43 Å². The molecule has 0 spiro atoms. The van der Waals surface area contributed by atoms with E-state index in [9.17, 15) is 14.7 Å². The first kappa shape index (κ1) is 17.2. The summed E-state index contributed by atoms with van der Waals surface area (Å²) in [6.07, 6.45) is 1.45. The molecular weight excluding hydrogens is 330 g/mol. The van der Waals surface area contributed by atoms with Crippen molar-refractivity contribution in [3.05, 3.63) is 77.9 Å². The van der Waals surface area contributed by atoms with Crippen LogP contribution in [0, 0.1) is 0 Å². The highest BCUT2D eigenvalue weighted by molar-refractivity contribution is 6.07. The predicted molar refractivity (Wildman–Crippen MR) is 100 cm³/mol. The molecule has 3 aromatic carbocycles. The highest BCUT2D eigenvalue weighted by atomic mass is 16.3. The van der Waals surface area contributed by atoms with Gasteiger partial charge in [-0.1, -0.05) is 36.4 Å². The van der Waals surface area contributed by atoms with E-state index in [4.69, 9.17) is 0 Å². The Kier molecular flexibility index (Phi) is 5.24. The highest BCUT2D eigenvalue weighted by Crippen LogP contribution is 2.18. The summed E-state index contributed by atoms with van der Waals surface area (Å²) >= 11 is 0. The van der Waals surface area contributed by atoms with Crippen LogP contribution >= 0.6 is 0 Å². The van der Waals surface area contributed by atoms with Crippen LogP contribution < -0.4 is 10.7 Å². The maximum atomic E-state index is 12.3. The maximum absolute atomic E-state index is 12.3. The fraction of sp³-hybridized carbons (Fsp3) is 0.0500. The van der Waals surface area contributed by atoms with Crippen LogP contribution in [0.4, 0.5) is 0 Å². The number of hydrogen-bond acceptors (Lipinski definition) is 4. The van der Waals surface area contributed by atoms with Gasteiger partial charge in [-0.3, -0.25) is 9.59 Å². The van der Waals surface area contributed by atoms with Crippen LogP contribution in [0.25, 0.3) is 10.8 Å². The largest absolute Gasteiger partial charge is 0.508 e. The third-order valence-electron chi connectivity index (χ3n) is 3.74. The minimum Gasteiger partial charge on any atom is -0.508 e. The molecule has 0 fully saturated rings. The van der Waals surface area contributed by atoms with Crippen LogP contribution in [0.2, 0.25) is 0 Å². The molecule has 0 unspecified atom stereocenters. The number of amides is 2. The Balaban J connectivity index is 1.55. The second-order valence-electron chi connectivity index (χ2n) is 5.59. The molecule has 0 bridgehead atoms. The monoisotopic (exact) mass is 347 g/mol. The third kappa shape index (κ3) is 4.24. The van der Waals surface area contributed by atoms with Gasteiger partial charge in [0.15, 0.2) is 0 Å². The van der Waals surface area contributed by atoms with Gasteiger partial charge in [0.2, 0.25) is 0 Å². The van der Waals surface area contributed by atoms with Gasteiger partial charge >= 0.3 is 0 Å². The van der Waals surface area contributed by atoms with Gasteiger partial charge in [0.25, 0.3) is 11.8 Å². The van der Waals surface area contributed by atoms with Crippen molar-refractivity contribution >= 4 is 28.8 Å². The number of hydrogen-bond donors (Lipinski definition) is 3. The highest BCUT2D eigenvalue weighted by Gasteiger charge is 2.10. The lowest BCUT2D eigenvalue weighted by Crippen LogP contribution is -2.35. The number of carbonyl (C=O) groups excluding carboxylic acids is 2. The zero-order valence-electron chi connectivity index (χ0n) is 13.8. The van der Waals surface area contributed by atoms with Crippen LogP contribution in [-0.2, 0) is 4.79 Å². The molecule has 0 aliphatic carbocycles. The van der Waals surface area contributed by atoms with Crippen molar-refractivity contribution in [3.8, 4) is 5.75 Å². The Morgan fingerprint density at radius 2 is 1.69 bits per heavy atom. The van der Waals surface area contributed by atoms with E-state index in [-0.39, 0.29) is 18.2 Å². The number of benzene rings is 3. The molecular formula is C20H17N3O3. The summed E-state index contributed by atoms with van der Waals surface area (Å²) < 4.78 is 0. The number of nitrogens with zero attached hydrogens (tertiary/aromatic N) is 1. The van der Waals surface area contributed by atoms with E-state index in [2.05, 4.69) is 15.8 Å². The second-order valence-corrected chi connectivity index (χ2v) is 5.59. The molecule has 3 N–H and O–H groups in total. The summed E-state index contributed by atoms with van der Waals surface area (Å²) in [6.45, 7) is -0.186. The van der Waals surface area contributed by atoms with Crippen molar-refractivity contribution in [2.75, 3.05) is 6.54 Å². The number of phenols is 1. The summed E-state index contributed by atoms with van der Waals surface area (Å²) in [4.78, 5) is 24.1. The van der Waals surface area contributed by atoms with Gasteiger partial charge in [0.05, 0.1) is 12.8 Å². The van der Waals surface area contributed by atoms with Crippen molar-refractivity contribution in [2.24, 2.45) is 5.10 Å². The Labute approximate surface area is 150 Å². The van der Waals surface area contributed by atoms with Crippen molar-refractivity contribution in [1.29, 1.82) is 0 Å². The maximum Gasteiger partial charge on any atom is 0.259 e. The number of rotatable bonds is 5. The topological polar surface area (TPSA) is 90.8 Å². The van der Waals surface area contributed by atoms with Crippen LogP contribution in [0.5, 0.6) is 5.75 Å². The molecule has 0 aliphatic heterocycles. The number of nitrogens with one attached hydrogen (secondary N) is 2. The Morgan fingerprint density at radius 1 is 0.962 bits per heavy atom. The zero-order chi connectivity index (χ0) is 18.4. The van der Waals surface area contributed by atoms with E-state index in [1.54, 1.807) is 24.3 Å². The smallest absolute Gasteiger partial charge is 0.259 e. The molecule has 0 heterocycles. The zero-order valence-corrected chi connectivity index (χ0v) is 13.8. The quantitative estimate of drug-likeness (QED) is 0.489. The first-order valence-electron chi connectivity index (χ1n) is 8.00. The lowest BCUT2D eigenvalue weighted by atomic mass is 10.0. The summed E-state index contributed by atoms with van der Waals surface area (Å²) in [5.41, 5.74) is 3.59. The minimum absolute atomic E-state index is 0.155. The van der Waals surface area contributed by atoms with Crippen molar-refractivity contribution in [1.82, 2.24) is 10.7 Å². The molecule has 3 rings (SSSR count). The van der Waals surface area contributed by atoms with Gasteiger partial charge in [0, 0.05) is 5.56 Å². The first-order valence-corrected chi connectivity index (χ1v) is 8.00. The van der Waals surface area contributed by atoms with Gasteiger partial charge < -0.3 is 10.4 Å². The molecule has 0 atom stereocenters. The summed E-state index contributed by atoms with van der Waals surface area (Å²) in [5, 5.41) is 17.4. The van der Waals surface area contributed by atoms with Crippen LogP contribution in [0.3, 0.4) is 0 Å². The summed E-state index contributed by atoms with van der Waals surface area (Å²) in [5.74, 6) is -0.601. The Hall–Kier alpha value is -3.67. The van der Waals surface area contributed by atoms with Crippen molar-refractivity contribution in [3.63, 3.8) is 0 Å². The van der Waals surface area contributed by atoms with Gasteiger partial charge in [-0.15, -0.1) is 0 Å². The van der Waals surface area contributed by atoms with Crippen LogP contribution in [0.15, 0.2) is 71.8 Å². The number of carbonyl (C=O) groups is 2. The van der Waals surface area contributed by atoms with Gasteiger partial charge in [-0.05, 0) is 46.7 Å². The SMILES string of the molecule is O=C(CNC(=O)c1cccc2ccccc12)N/N=C/c1ccc(O)cc1. The average Bonchev–Trinajstić information content (AvgIpc) is 2.67. The minimum atomic E-state index is -0.436. The fourth-order valence-electron chi connectivity index (χ4n) is 2.46. The van der Waals surface area contributed by atoms with Crippen LogP contribution in [0.1, 0.15) is 15.9 Å². The number of aromatic hydroxyl groups is 1. The third-order valence-corrected chi connectivity index (χ3v) is 3.74. The summed E-state index contributed by atoms with van der Waals surface area (Å²) in [6, 6.07) is 19.4. The molecule has 3 aromatic rings. The summed E-state index contributed by atoms with van der Waals surface area (Å²) in [7, 11) is 0. The lowest BCUT2D eigenvalue weighted by Gasteiger charge is -2.07. The average molecular weight is 347 g/mol. The standard InChI is InChI=1S/C20H17N3O3/c24-16-10-8-14(9-11-16)12-22-23-19(25)13-21-20(26)18-7-3-5-15-4-1-2-6-17(15)18/h1-12,24H,13H2,(H,21,26)(H,23,25)/b22-12+. The normalized spacial score (nSPS) is 10.8. The van der Waals surface area contributed by atoms with E-state index in [1.807, 2.05) is 30.3 Å². The van der Waals surface area contributed by atoms with Gasteiger partial charge in [-0.2, -0.15) is 5.10 Å². The van der Waals surface area contributed by atoms with Crippen molar-refractivity contribution < 1.29 is 14.7 Å². The predicted octanol–water partition coefficient (Wildman–Crippen LogP) is 2.43. The first-order chi connectivity index (χ1) is 12.6. The van der Waals surface area contributed by atoms with Gasteiger partial charge in [0.1, 0.15) is 5.75 Å². The molecule has 0 saturated heterocycles. The second kappa shape index (κ2) is 7.94. The molecule has 0 saturated carbocycles. The van der Waals surface area contributed by atoms with E-state index < -0.39 is 5.91 Å². The van der Waals surface area contributed by atoms with E-state index in [1.165, 1.54) is 18.3 Å². The van der Waals surface area contributed by atoms with E-state index in [0.29, 0.717) is 5.56 Å².